The number of rotatable bonds is 2. The molecule has 2 rings (SSSR count). The molecule has 0 aliphatic carbocycles. The van der Waals surface area contributed by atoms with E-state index in [1.54, 1.807) is 0 Å². The summed E-state index contributed by atoms with van der Waals surface area (Å²) in [4.78, 5) is 6.80. The lowest BCUT2D eigenvalue weighted by Crippen LogP contribution is -2.39. The van der Waals surface area contributed by atoms with Crippen molar-refractivity contribution in [3.8, 4) is 0 Å². The second kappa shape index (κ2) is 6.12. The Balaban J connectivity index is 2.00. The number of hydrogen-bond acceptors (Lipinski definition) is 3. The average molecular weight is 233 g/mol. The van der Waals surface area contributed by atoms with Crippen molar-refractivity contribution in [3.05, 3.63) is 30.1 Å². The molecule has 17 heavy (non-hydrogen) atoms. The van der Waals surface area contributed by atoms with Crippen LogP contribution in [-0.2, 0) is 0 Å². The molecule has 0 amide bonds. The van der Waals surface area contributed by atoms with Crippen LogP contribution >= 0.6 is 0 Å². The molecule has 1 aliphatic rings. The summed E-state index contributed by atoms with van der Waals surface area (Å²) in [5.41, 5.74) is 1.33. The van der Waals surface area contributed by atoms with Crippen LogP contribution in [-0.4, -0.2) is 35.6 Å². The third kappa shape index (κ3) is 3.51. The summed E-state index contributed by atoms with van der Waals surface area (Å²) >= 11 is 0. The fraction of sp³-hybridized carbons (Fsp3) is 0.643. The molecular formula is C14H23N3. The molecule has 0 aromatic carbocycles. The Kier molecular flexibility index (Phi) is 4.51. The lowest BCUT2D eigenvalue weighted by Gasteiger charge is -2.32. The zero-order chi connectivity index (χ0) is 12.1. The highest BCUT2D eigenvalue weighted by molar-refractivity contribution is 5.13. The van der Waals surface area contributed by atoms with Gasteiger partial charge in [-0.2, -0.15) is 0 Å². The summed E-state index contributed by atoms with van der Waals surface area (Å²) < 4.78 is 0. The SMILES string of the molecule is CC1CCN(C(C)c2cccnc2)CCCN1. The highest BCUT2D eigenvalue weighted by atomic mass is 15.2. The number of nitrogens with one attached hydrogen (secondary N) is 1. The summed E-state index contributed by atoms with van der Waals surface area (Å²) in [7, 11) is 0. The molecule has 3 nitrogen and oxygen atoms in total. The van der Waals surface area contributed by atoms with Crippen LogP contribution in [0.3, 0.4) is 0 Å². The van der Waals surface area contributed by atoms with Crippen molar-refractivity contribution < 1.29 is 0 Å². The van der Waals surface area contributed by atoms with Gasteiger partial charge >= 0.3 is 0 Å². The van der Waals surface area contributed by atoms with Crippen LogP contribution in [0, 0.1) is 0 Å². The number of hydrogen-bond donors (Lipinski definition) is 1. The van der Waals surface area contributed by atoms with Crippen molar-refractivity contribution >= 4 is 0 Å². The maximum absolute atomic E-state index is 4.22. The zero-order valence-corrected chi connectivity index (χ0v) is 10.9. The third-order valence-corrected chi connectivity index (χ3v) is 3.68. The molecular weight excluding hydrogens is 210 g/mol. The molecule has 0 bridgehead atoms. The van der Waals surface area contributed by atoms with Gasteiger partial charge in [0.05, 0.1) is 0 Å². The number of nitrogens with zero attached hydrogens (tertiary/aromatic N) is 2. The van der Waals surface area contributed by atoms with Crippen molar-refractivity contribution in [1.82, 2.24) is 15.2 Å². The van der Waals surface area contributed by atoms with Gasteiger partial charge in [-0.05, 0) is 51.4 Å². The fourth-order valence-corrected chi connectivity index (χ4v) is 2.43. The third-order valence-electron chi connectivity index (χ3n) is 3.68. The molecule has 94 valence electrons. The monoisotopic (exact) mass is 233 g/mol. The molecule has 3 heteroatoms. The maximum atomic E-state index is 4.22. The van der Waals surface area contributed by atoms with Crippen molar-refractivity contribution in [2.24, 2.45) is 0 Å². The van der Waals surface area contributed by atoms with E-state index in [4.69, 9.17) is 0 Å². The molecule has 1 fully saturated rings. The second-order valence-corrected chi connectivity index (χ2v) is 5.00. The maximum Gasteiger partial charge on any atom is 0.0335 e. The van der Waals surface area contributed by atoms with Gasteiger partial charge in [-0.15, -0.1) is 0 Å². The predicted molar refractivity (Wildman–Crippen MR) is 70.9 cm³/mol. The molecule has 2 atom stereocenters. The van der Waals surface area contributed by atoms with E-state index in [-0.39, 0.29) is 0 Å². The molecule has 1 N–H and O–H groups in total. The Morgan fingerprint density at radius 3 is 3.12 bits per heavy atom. The first-order chi connectivity index (χ1) is 8.27. The summed E-state index contributed by atoms with van der Waals surface area (Å²) in [6.45, 7) is 8.05. The highest BCUT2D eigenvalue weighted by Gasteiger charge is 2.18. The van der Waals surface area contributed by atoms with Gasteiger partial charge in [-0.3, -0.25) is 9.88 Å². The van der Waals surface area contributed by atoms with Gasteiger partial charge in [0.1, 0.15) is 0 Å². The topological polar surface area (TPSA) is 28.2 Å². The molecule has 0 saturated carbocycles. The van der Waals surface area contributed by atoms with E-state index in [1.165, 1.54) is 31.5 Å². The molecule has 1 aliphatic heterocycles. The van der Waals surface area contributed by atoms with Crippen LogP contribution in [0.4, 0.5) is 0 Å². The molecule has 1 aromatic heterocycles. The minimum Gasteiger partial charge on any atom is -0.314 e. The van der Waals surface area contributed by atoms with Crippen LogP contribution in [0.15, 0.2) is 24.5 Å². The van der Waals surface area contributed by atoms with E-state index in [0.29, 0.717) is 12.1 Å². The van der Waals surface area contributed by atoms with E-state index in [9.17, 15) is 0 Å². The lowest BCUT2D eigenvalue weighted by atomic mass is 10.1. The van der Waals surface area contributed by atoms with Crippen LogP contribution in [0.5, 0.6) is 0 Å². The summed E-state index contributed by atoms with van der Waals surface area (Å²) in [5.74, 6) is 0. The Labute approximate surface area is 104 Å². The first-order valence-corrected chi connectivity index (χ1v) is 6.64. The van der Waals surface area contributed by atoms with E-state index in [2.05, 4.69) is 35.1 Å². The fourth-order valence-electron chi connectivity index (χ4n) is 2.43. The van der Waals surface area contributed by atoms with Crippen molar-refractivity contribution in [2.45, 2.75) is 38.8 Å². The average Bonchev–Trinajstić information content (AvgIpc) is 2.35. The van der Waals surface area contributed by atoms with Gasteiger partial charge in [0, 0.05) is 31.0 Å². The van der Waals surface area contributed by atoms with E-state index in [1.807, 2.05) is 18.5 Å². The smallest absolute Gasteiger partial charge is 0.0335 e. The molecule has 1 saturated heterocycles. The van der Waals surface area contributed by atoms with Crippen LogP contribution in [0.2, 0.25) is 0 Å². The summed E-state index contributed by atoms with van der Waals surface area (Å²) in [6.07, 6.45) is 6.29. The molecule has 2 heterocycles. The highest BCUT2D eigenvalue weighted by Crippen LogP contribution is 2.20. The van der Waals surface area contributed by atoms with Gasteiger partial charge in [0.15, 0.2) is 0 Å². The normalized spacial score (nSPS) is 24.9. The molecule has 2 unspecified atom stereocenters. The van der Waals surface area contributed by atoms with Crippen LogP contribution < -0.4 is 5.32 Å². The Morgan fingerprint density at radius 1 is 1.47 bits per heavy atom. The summed E-state index contributed by atoms with van der Waals surface area (Å²) in [6, 6.07) is 5.32. The van der Waals surface area contributed by atoms with Gasteiger partial charge < -0.3 is 5.32 Å². The van der Waals surface area contributed by atoms with Crippen LogP contribution in [0.25, 0.3) is 0 Å². The summed E-state index contributed by atoms with van der Waals surface area (Å²) in [5, 5.41) is 3.54. The van der Waals surface area contributed by atoms with Crippen molar-refractivity contribution in [3.63, 3.8) is 0 Å². The van der Waals surface area contributed by atoms with E-state index in [0.717, 1.165) is 6.54 Å². The molecule has 0 spiro atoms. The lowest BCUT2D eigenvalue weighted by molar-refractivity contribution is 0.184. The minimum absolute atomic E-state index is 0.481. The standard InChI is InChI=1S/C14H23N3/c1-12-6-10-17(9-4-8-16-12)13(2)14-5-3-7-15-11-14/h3,5,7,11-13,16H,4,6,8-10H2,1-2H3. The number of aromatic nitrogens is 1. The molecule has 1 aromatic rings. The minimum atomic E-state index is 0.481. The first kappa shape index (κ1) is 12.5. The quantitative estimate of drug-likeness (QED) is 0.849. The van der Waals surface area contributed by atoms with Gasteiger partial charge in [0.25, 0.3) is 0 Å². The largest absolute Gasteiger partial charge is 0.314 e. The van der Waals surface area contributed by atoms with Crippen molar-refractivity contribution in [2.75, 3.05) is 19.6 Å². The second-order valence-electron chi connectivity index (χ2n) is 5.00. The van der Waals surface area contributed by atoms with Crippen molar-refractivity contribution in [1.29, 1.82) is 0 Å². The van der Waals surface area contributed by atoms with Gasteiger partial charge in [0.2, 0.25) is 0 Å². The van der Waals surface area contributed by atoms with E-state index < -0.39 is 0 Å². The number of pyridine rings is 1. The van der Waals surface area contributed by atoms with Gasteiger partial charge in [-0.1, -0.05) is 6.07 Å². The van der Waals surface area contributed by atoms with Crippen LogP contribution in [0.1, 0.15) is 38.3 Å². The Bertz CT molecular complexity index is 325. The first-order valence-electron chi connectivity index (χ1n) is 6.64. The molecule has 0 radical (unpaired) electrons. The zero-order valence-electron chi connectivity index (χ0n) is 10.9. The van der Waals surface area contributed by atoms with E-state index >= 15 is 0 Å². The Hall–Kier alpha value is -0.930. The Morgan fingerprint density at radius 2 is 2.35 bits per heavy atom. The van der Waals surface area contributed by atoms with Gasteiger partial charge in [-0.25, -0.2) is 0 Å². The predicted octanol–water partition coefficient (Wildman–Crippen LogP) is 2.22.